The van der Waals surface area contributed by atoms with E-state index >= 15 is 0 Å². The van der Waals surface area contributed by atoms with Gasteiger partial charge < -0.3 is 10.2 Å². The van der Waals surface area contributed by atoms with Gasteiger partial charge in [0.15, 0.2) is 0 Å². The fourth-order valence-corrected chi connectivity index (χ4v) is 3.36. The van der Waals surface area contributed by atoms with E-state index in [2.05, 4.69) is 22.0 Å². The SMILES string of the molecule is CNS(=O)(=O)c1ccc(NCC2CCCN(C)C2)c(F)c1. The van der Waals surface area contributed by atoms with Gasteiger partial charge in [-0.3, -0.25) is 0 Å². The number of benzene rings is 1. The van der Waals surface area contributed by atoms with E-state index in [4.69, 9.17) is 0 Å². The maximum absolute atomic E-state index is 14.0. The first-order chi connectivity index (χ1) is 9.92. The summed E-state index contributed by atoms with van der Waals surface area (Å²) in [5.74, 6) is -0.0562. The number of halogens is 1. The Labute approximate surface area is 125 Å². The van der Waals surface area contributed by atoms with Gasteiger partial charge in [-0.25, -0.2) is 17.5 Å². The normalized spacial score (nSPS) is 20.4. The Balaban J connectivity index is 2.01. The van der Waals surface area contributed by atoms with Gasteiger partial charge in [0.05, 0.1) is 10.6 Å². The van der Waals surface area contributed by atoms with Crippen LogP contribution in [0.1, 0.15) is 12.8 Å². The predicted octanol–water partition coefficient (Wildman–Crippen LogP) is 1.49. The molecule has 2 N–H and O–H groups in total. The number of rotatable bonds is 5. The summed E-state index contributed by atoms with van der Waals surface area (Å²) in [6, 6.07) is 3.93. The Morgan fingerprint density at radius 3 is 2.81 bits per heavy atom. The zero-order valence-corrected chi connectivity index (χ0v) is 13.2. The highest BCUT2D eigenvalue weighted by Crippen LogP contribution is 2.21. The Morgan fingerprint density at radius 1 is 1.43 bits per heavy atom. The number of hydrogen-bond acceptors (Lipinski definition) is 4. The second-order valence-electron chi connectivity index (χ2n) is 5.50. The molecular formula is C14H22FN3O2S. The van der Waals surface area contributed by atoms with Crippen LogP contribution >= 0.6 is 0 Å². The molecule has 21 heavy (non-hydrogen) atoms. The largest absolute Gasteiger partial charge is 0.382 e. The molecule has 2 rings (SSSR count). The van der Waals surface area contributed by atoms with Crippen LogP contribution in [0.15, 0.2) is 23.1 Å². The fraction of sp³-hybridized carbons (Fsp3) is 0.571. The van der Waals surface area contributed by atoms with Crippen LogP contribution in [0, 0.1) is 11.7 Å². The maximum atomic E-state index is 14.0. The van der Waals surface area contributed by atoms with Gasteiger partial charge in [-0.15, -0.1) is 0 Å². The molecule has 0 saturated carbocycles. The van der Waals surface area contributed by atoms with E-state index < -0.39 is 15.8 Å². The summed E-state index contributed by atoms with van der Waals surface area (Å²) < 4.78 is 39.4. The predicted molar refractivity (Wildman–Crippen MR) is 81.4 cm³/mol. The van der Waals surface area contributed by atoms with Crippen LogP contribution < -0.4 is 10.0 Å². The van der Waals surface area contributed by atoms with Gasteiger partial charge in [-0.1, -0.05) is 0 Å². The lowest BCUT2D eigenvalue weighted by atomic mass is 9.98. The van der Waals surface area contributed by atoms with E-state index in [9.17, 15) is 12.8 Å². The summed E-state index contributed by atoms with van der Waals surface area (Å²) in [6.45, 7) is 2.81. The second kappa shape index (κ2) is 6.72. The monoisotopic (exact) mass is 315 g/mol. The van der Waals surface area contributed by atoms with Crippen molar-refractivity contribution in [3.8, 4) is 0 Å². The van der Waals surface area contributed by atoms with Gasteiger partial charge in [0, 0.05) is 13.1 Å². The Hall–Kier alpha value is -1.18. The highest BCUT2D eigenvalue weighted by molar-refractivity contribution is 7.89. The average Bonchev–Trinajstić information content (AvgIpc) is 2.46. The molecule has 1 aliphatic rings. The summed E-state index contributed by atoms with van der Waals surface area (Å²) in [6.07, 6.45) is 2.29. The molecule has 7 heteroatoms. The fourth-order valence-electron chi connectivity index (χ4n) is 2.62. The lowest BCUT2D eigenvalue weighted by Gasteiger charge is -2.30. The lowest BCUT2D eigenvalue weighted by Crippen LogP contribution is -2.35. The molecule has 0 aromatic heterocycles. The molecule has 0 amide bonds. The summed E-state index contributed by atoms with van der Waals surface area (Å²) in [7, 11) is -0.213. The van der Waals surface area contributed by atoms with Crippen LogP contribution in [-0.2, 0) is 10.0 Å². The van der Waals surface area contributed by atoms with Gasteiger partial charge in [-0.2, -0.15) is 0 Å². The standard InChI is InChI=1S/C14H22FN3O2S/c1-16-21(19,20)12-5-6-14(13(15)8-12)17-9-11-4-3-7-18(2)10-11/h5-6,8,11,16-17H,3-4,7,9-10H2,1-2H3. The first kappa shape index (κ1) is 16.2. The summed E-state index contributed by atoms with van der Waals surface area (Å²) in [5.41, 5.74) is 0.346. The van der Waals surface area contributed by atoms with Gasteiger partial charge in [0.25, 0.3) is 0 Å². The van der Waals surface area contributed by atoms with E-state index in [-0.39, 0.29) is 4.90 Å². The maximum Gasteiger partial charge on any atom is 0.240 e. The third-order valence-corrected chi connectivity index (χ3v) is 5.23. The van der Waals surface area contributed by atoms with Crippen molar-refractivity contribution in [1.82, 2.24) is 9.62 Å². The van der Waals surface area contributed by atoms with Crippen molar-refractivity contribution in [2.24, 2.45) is 5.92 Å². The van der Waals surface area contributed by atoms with Crippen molar-refractivity contribution in [2.75, 3.05) is 39.0 Å². The number of piperidine rings is 1. The van der Waals surface area contributed by atoms with Crippen LogP contribution in [0.4, 0.5) is 10.1 Å². The first-order valence-corrected chi connectivity index (χ1v) is 8.56. The van der Waals surface area contributed by atoms with Gasteiger partial charge in [0.2, 0.25) is 10.0 Å². The zero-order chi connectivity index (χ0) is 15.5. The van der Waals surface area contributed by atoms with Crippen molar-refractivity contribution in [1.29, 1.82) is 0 Å². The minimum Gasteiger partial charge on any atom is -0.382 e. The number of sulfonamides is 1. The Kier molecular flexibility index (Phi) is 5.18. The molecule has 1 saturated heterocycles. The molecule has 0 aliphatic carbocycles. The minimum absolute atomic E-state index is 0.0644. The highest BCUT2D eigenvalue weighted by atomic mass is 32.2. The minimum atomic E-state index is -3.60. The molecule has 0 bridgehead atoms. The topological polar surface area (TPSA) is 61.4 Å². The van der Waals surface area contributed by atoms with Gasteiger partial charge in [0.1, 0.15) is 5.82 Å². The van der Waals surface area contributed by atoms with Crippen molar-refractivity contribution in [3.63, 3.8) is 0 Å². The first-order valence-electron chi connectivity index (χ1n) is 7.08. The summed E-state index contributed by atoms with van der Waals surface area (Å²) in [4.78, 5) is 2.21. The Bertz CT molecular complexity index is 592. The van der Waals surface area contributed by atoms with Crippen LogP contribution in [0.2, 0.25) is 0 Å². The lowest BCUT2D eigenvalue weighted by molar-refractivity contribution is 0.217. The molecule has 1 fully saturated rings. The number of hydrogen-bond donors (Lipinski definition) is 2. The van der Waals surface area contributed by atoms with Crippen molar-refractivity contribution in [3.05, 3.63) is 24.0 Å². The zero-order valence-electron chi connectivity index (χ0n) is 12.4. The number of likely N-dealkylation sites (tertiary alicyclic amines) is 1. The number of nitrogens with zero attached hydrogens (tertiary/aromatic N) is 1. The summed E-state index contributed by atoms with van der Waals surface area (Å²) >= 11 is 0. The van der Waals surface area contributed by atoms with Crippen molar-refractivity contribution in [2.45, 2.75) is 17.7 Å². The van der Waals surface area contributed by atoms with Crippen LogP contribution in [0.25, 0.3) is 0 Å². The van der Waals surface area contributed by atoms with E-state index in [1.807, 2.05) is 0 Å². The van der Waals surface area contributed by atoms with Crippen molar-refractivity contribution >= 4 is 15.7 Å². The van der Waals surface area contributed by atoms with Gasteiger partial charge in [-0.05, 0) is 57.6 Å². The highest BCUT2D eigenvalue weighted by Gasteiger charge is 2.18. The van der Waals surface area contributed by atoms with E-state index in [1.165, 1.54) is 19.2 Å². The molecular weight excluding hydrogens is 293 g/mol. The molecule has 1 aromatic rings. The Morgan fingerprint density at radius 2 is 2.19 bits per heavy atom. The van der Waals surface area contributed by atoms with E-state index in [1.54, 1.807) is 0 Å². The second-order valence-corrected chi connectivity index (χ2v) is 7.39. The molecule has 1 aromatic carbocycles. The molecule has 5 nitrogen and oxygen atoms in total. The third-order valence-electron chi connectivity index (χ3n) is 3.82. The number of nitrogens with one attached hydrogen (secondary N) is 2. The van der Waals surface area contributed by atoms with Crippen LogP contribution in [-0.4, -0.2) is 47.0 Å². The molecule has 1 unspecified atom stereocenters. The molecule has 1 aliphatic heterocycles. The van der Waals surface area contributed by atoms with Crippen LogP contribution in [0.5, 0.6) is 0 Å². The molecule has 1 atom stereocenters. The quantitative estimate of drug-likeness (QED) is 0.864. The average molecular weight is 315 g/mol. The molecule has 0 radical (unpaired) electrons. The third kappa shape index (κ3) is 4.15. The summed E-state index contributed by atoms with van der Waals surface area (Å²) in [5, 5.41) is 3.08. The number of anilines is 1. The molecule has 118 valence electrons. The molecule has 0 spiro atoms. The van der Waals surface area contributed by atoms with E-state index in [0.717, 1.165) is 32.0 Å². The van der Waals surface area contributed by atoms with Crippen LogP contribution in [0.3, 0.4) is 0 Å². The smallest absolute Gasteiger partial charge is 0.240 e. The van der Waals surface area contributed by atoms with Gasteiger partial charge >= 0.3 is 0 Å². The van der Waals surface area contributed by atoms with Crippen molar-refractivity contribution < 1.29 is 12.8 Å². The molecule has 1 heterocycles. The van der Waals surface area contributed by atoms with E-state index in [0.29, 0.717) is 18.2 Å².